The Morgan fingerprint density at radius 3 is 2.67 bits per heavy atom. The van der Waals surface area contributed by atoms with E-state index in [1.807, 2.05) is 51.1 Å². The zero-order valence-electron chi connectivity index (χ0n) is 15.9. The van der Waals surface area contributed by atoms with Crippen LogP contribution in [0.4, 0.5) is 0 Å². The molecule has 0 unspecified atom stereocenters. The molecule has 27 heavy (non-hydrogen) atoms. The smallest absolute Gasteiger partial charge is 0.330 e. The van der Waals surface area contributed by atoms with Gasteiger partial charge < -0.3 is 15.0 Å². The number of nitrogens with one attached hydrogen (secondary N) is 1. The summed E-state index contributed by atoms with van der Waals surface area (Å²) in [5.41, 5.74) is 1.03. The highest BCUT2D eigenvalue weighted by atomic mass is 32.2. The number of esters is 1. The molecule has 1 aromatic carbocycles. The van der Waals surface area contributed by atoms with E-state index in [4.69, 9.17) is 4.74 Å². The molecule has 0 aromatic heterocycles. The van der Waals surface area contributed by atoms with E-state index in [0.717, 1.165) is 5.56 Å². The van der Waals surface area contributed by atoms with Gasteiger partial charge in [-0.15, -0.1) is 11.8 Å². The first-order valence-corrected chi connectivity index (χ1v) is 10.3. The Balaban J connectivity index is 1.66. The van der Waals surface area contributed by atoms with Gasteiger partial charge in [0.25, 0.3) is 5.91 Å². The fourth-order valence-corrected chi connectivity index (χ4v) is 5.15. The van der Waals surface area contributed by atoms with Crippen LogP contribution in [-0.4, -0.2) is 47.1 Å². The Morgan fingerprint density at radius 1 is 1.30 bits per heavy atom. The van der Waals surface area contributed by atoms with Gasteiger partial charge in [-0.05, 0) is 24.8 Å². The SMILES string of the molecule is CC(C)[C@H](C)NC(=O)COC(=O)[C@H]1CS[C@@]2(c3ccccc3)CCC(=O)N12. The number of benzene rings is 1. The summed E-state index contributed by atoms with van der Waals surface area (Å²) in [4.78, 5) is 38.3. The standard InChI is InChI=1S/C20H26N2O4S/c1-13(2)14(3)21-17(23)11-26-19(25)16-12-27-20(10-9-18(24)22(16)20)15-7-5-4-6-8-15/h4-8,13-14,16H,9-12H2,1-3H3,(H,21,23)/t14-,16+,20+/m0/s1. The zero-order chi connectivity index (χ0) is 19.6. The summed E-state index contributed by atoms with van der Waals surface area (Å²) in [5, 5.41) is 2.81. The maximum absolute atomic E-state index is 12.6. The summed E-state index contributed by atoms with van der Waals surface area (Å²) in [6.07, 6.45) is 1.09. The van der Waals surface area contributed by atoms with Crippen molar-refractivity contribution in [2.75, 3.05) is 12.4 Å². The van der Waals surface area contributed by atoms with Crippen molar-refractivity contribution >= 4 is 29.5 Å². The first-order valence-electron chi connectivity index (χ1n) is 9.33. The molecule has 146 valence electrons. The Kier molecular flexibility index (Phi) is 5.79. The number of fused-ring (bicyclic) bond motifs is 1. The molecule has 0 radical (unpaired) electrons. The molecular weight excluding hydrogens is 364 g/mol. The lowest BCUT2D eigenvalue weighted by Gasteiger charge is -2.33. The summed E-state index contributed by atoms with van der Waals surface area (Å²) >= 11 is 1.61. The number of hydrogen-bond acceptors (Lipinski definition) is 5. The quantitative estimate of drug-likeness (QED) is 0.754. The number of carbonyl (C=O) groups is 3. The summed E-state index contributed by atoms with van der Waals surface area (Å²) in [7, 11) is 0. The second-order valence-electron chi connectivity index (χ2n) is 7.45. The van der Waals surface area contributed by atoms with E-state index in [0.29, 0.717) is 24.5 Å². The summed E-state index contributed by atoms with van der Waals surface area (Å²) < 4.78 is 5.25. The van der Waals surface area contributed by atoms with Gasteiger partial charge in [0.05, 0.1) is 0 Å². The van der Waals surface area contributed by atoms with Crippen molar-refractivity contribution in [1.82, 2.24) is 10.2 Å². The largest absolute Gasteiger partial charge is 0.454 e. The third kappa shape index (κ3) is 3.83. The van der Waals surface area contributed by atoms with Crippen LogP contribution in [0.25, 0.3) is 0 Å². The molecule has 3 atom stereocenters. The van der Waals surface area contributed by atoms with Gasteiger partial charge in [0.1, 0.15) is 10.9 Å². The predicted molar refractivity (Wildman–Crippen MR) is 104 cm³/mol. The lowest BCUT2D eigenvalue weighted by atomic mass is 10.0. The highest BCUT2D eigenvalue weighted by Crippen LogP contribution is 2.54. The molecule has 1 aromatic rings. The van der Waals surface area contributed by atoms with E-state index in [9.17, 15) is 14.4 Å². The molecule has 7 heteroatoms. The molecule has 0 bridgehead atoms. The Bertz CT molecular complexity index is 724. The van der Waals surface area contributed by atoms with Gasteiger partial charge in [0, 0.05) is 18.2 Å². The molecule has 6 nitrogen and oxygen atoms in total. The molecule has 2 fully saturated rings. The van der Waals surface area contributed by atoms with Gasteiger partial charge in [-0.2, -0.15) is 0 Å². The molecule has 2 heterocycles. The van der Waals surface area contributed by atoms with Crippen molar-refractivity contribution < 1.29 is 19.1 Å². The number of carbonyl (C=O) groups excluding carboxylic acids is 3. The molecular formula is C20H26N2O4S. The number of hydrogen-bond donors (Lipinski definition) is 1. The van der Waals surface area contributed by atoms with Crippen molar-refractivity contribution in [1.29, 1.82) is 0 Å². The van der Waals surface area contributed by atoms with E-state index in [2.05, 4.69) is 5.32 Å². The fourth-order valence-electron chi connectivity index (χ4n) is 3.51. The minimum Gasteiger partial charge on any atom is -0.454 e. The molecule has 1 N–H and O–H groups in total. The maximum Gasteiger partial charge on any atom is 0.330 e. The van der Waals surface area contributed by atoms with Crippen LogP contribution in [0.15, 0.2) is 30.3 Å². The third-order valence-electron chi connectivity index (χ3n) is 5.36. The average molecular weight is 391 g/mol. The summed E-state index contributed by atoms with van der Waals surface area (Å²) in [6, 6.07) is 9.16. The first-order chi connectivity index (χ1) is 12.8. The second kappa shape index (κ2) is 7.92. The van der Waals surface area contributed by atoms with Gasteiger partial charge in [0.15, 0.2) is 6.61 Å². The molecule has 3 rings (SSSR count). The van der Waals surface area contributed by atoms with Crippen LogP contribution in [0.3, 0.4) is 0 Å². The van der Waals surface area contributed by atoms with Crippen molar-refractivity contribution in [2.24, 2.45) is 5.92 Å². The zero-order valence-corrected chi connectivity index (χ0v) is 16.8. The van der Waals surface area contributed by atoms with Crippen molar-refractivity contribution in [3.05, 3.63) is 35.9 Å². The van der Waals surface area contributed by atoms with Gasteiger partial charge in [-0.3, -0.25) is 9.59 Å². The normalized spacial score (nSPS) is 25.4. The monoisotopic (exact) mass is 390 g/mol. The predicted octanol–water partition coefficient (Wildman–Crippen LogP) is 2.28. The van der Waals surface area contributed by atoms with Crippen LogP contribution in [0.1, 0.15) is 39.2 Å². The Morgan fingerprint density at radius 2 is 2.00 bits per heavy atom. The second-order valence-corrected chi connectivity index (χ2v) is 8.75. The summed E-state index contributed by atoms with van der Waals surface area (Å²) in [6.45, 7) is 5.61. The highest BCUT2D eigenvalue weighted by Gasteiger charge is 2.57. The fraction of sp³-hybridized carbons (Fsp3) is 0.550. The number of amides is 2. The topological polar surface area (TPSA) is 75.7 Å². The molecule has 0 spiro atoms. The van der Waals surface area contributed by atoms with E-state index >= 15 is 0 Å². The minimum atomic E-state index is -0.652. The summed E-state index contributed by atoms with van der Waals surface area (Å²) in [5.74, 6) is -0.0998. The molecule has 2 saturated heterocycles. The van der Waals surface area contributed by atoms with E-state index < -0.39 is 16.9 Å². The van der Waals surface area contributed by atoms with Crippen LogP contribution >= 0.6 is 11.8 Å². The lowest BCUT2D eigenvalue weighted by molar-refractivity contribution is -0.156. The lowest BCUT2D eigenvalue weighted by Crippen LogP contribution is -2.47. The van der Waals surface area contributed by atoms with Crippen LogP contribution < -0.4 is 5.32 Å². The van der Waals surface area contributed by atoms with E-state index in [1.165, 1.54) is 0 Å². The molecule has 2 amide bonds. The average Bonchev–Trinajstić information content (AvgIpc) is 3.20. The van der Waals surface area contributed by atoms with Crippen LogP contribution in [0.2, 0.25) is 0 Å². The Labute approximate surface area is 164 Å². The number of rotatable bonds is 6. The van der Waals surface area contributed by atoms with Gasteiger partial charge in [-0.1, -0.05) is 44.2 Å². The van der Waals surface area contributed by atoms with Crippen LogP contribution in [-0.2, 0) is 24.0 Å². The van der Waals surface area contributed by atoms with Crippen molar-refractivity contribution in [3.63, 3.8) is 0 Å². The van der Waals surface area contributed by atoms with E-state index in [-0.39, 0.29) is 24.5 Å². The van der Waals surface area contributed by atoms with Gasteiger partial charge in [0.2, 0.25) is 5.91 Å². The third-order valence-corrected chi connectivity index (χ3v) is 6.95. The van der Waals surface area contributed by atoms with Crippen molar-refractivity contribution in [3.8, 4) is 0 Å². The van der Waals surface area contributed by atoms with Crippen LogP contribution in [0, 0.1) is 5.92 Å². The van der Waals surface area contributed by atoms with Gasteiger partial charge >= 0.3 is 5.97 Å². The Hall–Kier alpha value is -2.02. The first kappa shape index (κ1) is 19.7. The number of thioether (sulfide) groups is 1. The molecule has 2 aliphatic heterocycles. The molecule has 0 aliphatic carbocycles. The number of ether oxygens (including phenoxy) is 1. The van der Waals surface area contributed by atoms with Crippen molar-refractivity contribution in [2.45, 2.75) is 50.6 Å². The minimum absolute atomic E-state index is 0.00382. The van der Waals surface area contributed by atoms with Crippen LogP contribution in [0.5, 0.6) is 0 Å². The number of nitrogens with zero attached hydrogens (tertiary/aromatic N) is 1. The molecule has 0 saturated carbocycles. The maximum atomic E-state index is 12.6. The van der Waals surface area contributed by atoms with Gasteiger partial charge in [-0.25, -0.2) is 4.79 Å². The molecule has 2 aliphatic rings. The van der Waals surface area contributed by atoms with E-state index in [1.54, 1.807) is 16.7 Å². The highest BCUT2D eigenvalue weighted by molar-refractivity contribution is 8.00.